The van der Waals surface area contributed by atoms with Gasteiger partial charge in [0.15, 0.2) is 0 Å². The Morgan fingerprint density at radius 2 is 1.96 bits per heavy atom. The van der Waals surface area contributed by atoms with Crippen LogP contribution in [0, 0.1) is 13.8 Å². The topological polar surface area (TPSA) is 58.8 Å². The summed E-state index contributed by atoms with van der Waals surface area (Å²) in [6.45, 7) is 3.59. The summed E-state index contributed by atoms with van der Waals surface area (Å²) < 4.78 is 40.5. The molecule has 1 N–H and O–H groups in total. The first-order valence-corrected chi connectivity index (χ1v) is 7.72. The van der Waals surface area contributed by atoms with Gasteiger partial charge < -0.3 is 0 Å². The molecule has 8 heteroatoms. The fraction of sp³-hybridized carbons (Fsp3) is 0.167. The Morgan fingerprint density at radius 3 is 2.69 bits per heavy atom. The highest BCUT2D eigenvalue weighted by Crippen LogP contribution is 2.31. The number of rotatable bonds is 3. The lowest BCUT2D eigenvalue weighted by Crippen LogP contribution is -2.21. The number of alkyl halides is 3. The van der Waals surface area contributed by atoms with Gasteiger partial charge >= 0.3 is 6.18 Å². The predicted molar refractivity (Wildman–Crippen MR) is 91.2 cm³/mol. The van der Waals surface area contributed by atoms with E-state index < -0.39 is 17.6 Å². The van der Waals surface area contributed by atoms with Crippen LogP contribution in [0.15, 0.2) is 47.7 Å². The predicted octanol–water partition coefficient (Wildman–Crippen LogP) is 3.73. The number of hydrogen-bond donors (Lipinski definition) is 1. The van der Waals surface area contributed by atoms with Crippen LogP contribution < -0.4 is 5.43 Å². The van der Waals surface area contributed by atoms with E-state index in [0.717, 1.165) is 17.8 Å². The highest BCUT2D eigenvalue weighted by Gasteiger charge is 2.32. The summed E-state index contributed by atoms with van der Waals surface area (Å²) in [6, 6.07) is 8.65. The lowest BCUT2D eigenvalue weighted by atomic mass is 10.1. The molecule has 0 spiro atoms. The molecule has 5 nitrogen and oxygen atoms in total. The highest BCUT2D eigenvalue weighted by molar-refractivity contribution is 5.95. The van der Waals surface area contributed by atoms with E-state index in [4.69, 9.17) is 0 Å². The van der Waals surface area contributed by atoms with Gasteiger partial charge in [-0.25, -0.2) is 10.4 Å². The van der Waals surface area contributed by atoms with Crippen molar-refractivity contribution in [1.29, 1.82) is 0 Å². The average Bonchev–Trinajstić information content (AvgIpc) is 2.89. The van der Waals surface area contributed by atoms with Gasteiger partial charge in [-0.2, -0.15) is 18.3 Å². The number of aromatic nitrogens is 2. The summed E-state index contributed by atoms with van der Waals surface area (Å²) in [4.78, 5) is 16.7. The van der Waals surface area contributed by atoms with Crippen molar-refractivity contribution in [1.82, 2.24) is 14.8 Å². The van der Waals surface area contributed by atoms with Crippen LogP contribution in [0.3, 0.4) is 0 Å². The SMILES string of the molecule is Cc1ccn2c(C(=O)N/N=C\c3ccccc3C(F)(F)F)c(C)nc2c1. The fourth-order valence-corrected chi connectivity index (χ4v) is 2.62. The van der Waals surface area contributed by atoms with Gasteiger partial charge in [-0.1, -0.05) is 18.2 Å². The van der Waals surface area contributed by atoms with Gasteiger partial charge in [0.2, 0.25) is 0 Å². The Hall–Kier alpha value is -3.16. The van der Waals surface area contributed by atoms with E-state index >= 15 is 0 Å². The van der Waals surface area contributed by atoms with E-state index in [-0.39, 0.29) is 11.3 Å². The lowest BCUT2D eigenvalue weighted by molar-refractivity contribution is -0.137. The Kier molecular flexibility index (Phi) is 4.50. The van der Waals surface area contributed by atoms with Crippen molar-refractivity contribution in [2.45, 2.75) is 20.0 Å². The van der Waals surface area contributed by atoms with Crippen LogP contribution in [0.4, 0.5) is 13.2 Å². The maximum Gasteiger partial charge on any atom is 0.417 e. The van der Waals surface area contributed by atoms with Crippen LogP contribution in [-0.4, -0.2) is 21.5 Å². The third-order valence-corrected chi connectivity index (χ3v) is 3.81. The van der Waals surface area contributed by atoms with E-state index in [9.17, 15) is 18.0 Å². The second-order valence-corrected chi connectivity index (χ2v) is 5.76. The number of hydrazone groups is 1. The van der Waals surface area contributed by atoms with E-state index in [0.29, 0.717) is 11.3 Å². The Labute approximate surface area is 147 Å². The molecule has 2 aromatic heterocycles. The first-order valence-electron chi connectivity index (χ1n) is 7.72. The number of carbonyl (C=O) groups excluding carboxylic acids is 1. The van der Waals surface area contributed by atoms with Crippen molar-refractivity contribution in [3.05, 3.63) is 70.7 Å². The van der Waals surface area contributed by atoms with Crippen molar-refractivity contribution in [2.24, 2.45) is 5.10 Å². The maximum absolute atomic E-state index is 13.0. The molecule has 0 aliphatic carbocycles. The number of nitrogens with zero attached hydrogens (tertiary/aromatic N) is 3. The summed E-state index contributed by atoms with van der Waals surface area (Å²) in [5, 5.41) is 3.67. The van der Waals surface area contributed by atoms with Crippen LogP contribution in [0.5, 0.6) is 0 Å². The highest BCUT2D eigenvalue weighted by atomic mass is 19.4. The first kappa shape index (κ1) is 17.7. The van der Waals surface area contributed by atoms with Gasteiger partial charge in [-0.15, -0.1) is 0 Å². The minimum absolute atomic E-state index is 0.134. The number of benzene rings is 1. The van der Waals surface area contributed by atoms with Gasteiger partial charge in [0.1, 0.15) is 11.3 Å². The number of carbonyl (C=O) groups is 1. The third kappa shape index (κ3) is 3.44. The molecule has 3 aromatic rings. The van der Waals surface area contributed by atoms with Gasteiger partial charge in [0.05, 0.1) is 17.5 Å². The molecule has 0 saturated carbocycles. The van der Waals surface area contributed by atoms with Crippen molar-refractivity contribution in [3.63, 3.8) is 0 Å². The summed E-state index contributed by atoms with van der Waals surface area (Å²) >= 11 is 0. The van der Waals surface area contributed by atoms with Crippen molar-refractivity contribution >= 4 is 17.8 Å². The zero-order chi connectivity index (χ0) is 18.9. The summed E-state index contributed by atoms with van der Waals surface area (Å²) in [6.07, 6.45) is -1.81. The minimum atomic E-state index is -4.50. The number of halogens is 3. The standard InChI is InChI=1S/C18H15F3N4O/c1-11-7-8-25-15(9-11)23-12(2)16(25)17(26)24-22-10-13-5-3-4-6-14(13)18(19,20)21/h3-10H,1-2H3,(H,24,26)/b22-10-. The van der Waals surface area contributed by atoms with Crippen molar-refractivity contribution < 1.29 is 18.0 Å². The fourth-order valence-electron chi connectivity index (χ4n) is 2.62. The molecule has 0 unspecified atom stereocenters. The third-order valence-electron chi connectivity index (χ3n) is 3.81. The Bertz CT molecular complexity index is 1010. The number of amides is 1. The molecule has 1 aromatic carbocycles. The molecular formula is C18H15F3N4O. The van der Waals surface area contributed by atoms with Crippen molar-refractivity contribution in [3.8, 4) is 0 Å². The number of imidazole rings is 1. The molecule has 0 bridgehead atoms. The van der Waals surface area contributed by atoms with Crippen LogP contribution in [0.25, 0.3) is 5.65 Å². The van der Waals surface area contributed by atoms with E-state index in [2.05, 4.69) is 15.5 Å². The lowest BCUT2D eigenvalue weighted by Gasteiger charge is -2.09. The summed E-state index contributed by atoms with van der Waals surface area (Å²) in [5.41, 5.74) is 3.69. The van der Waals surface area contributed by atoms with Crippen LogP contribution >= 0.6 is 0 Å². The molecule has 2 heterocycles. The summed E-state index contributed by atoms with van der Waals surface area (Å²) in [5.74, 6) is -0.556. The first-order chi connectivity index (χ1) is 12.3. The minimum Gasteiger partial charge on any atom is -0.295 e. The van der Waals surface area contributed by atoms with Gasteiger partial charge in [-0.05, 0) is 37.6 Å². The van der Waals surface area contributed by atoms with Crippen molar-refractivity contribution in [2.75, 3.05) is 0 Å². The van der Waals surface area contributed by atoms with Gasteiger partial charge in [-0.3, -0.25) is 9.20 Å². The van der Waals surface area contributed by atoms with Gasteiger partial charge in [0.25, 0.3) is 5.91 Å². The Morgan fingerprint density at radius 1 is 1.23 bits per heavy atom. The summed E-state index contributed by atoms with van der Waals surface area (Å²) in [7, 11) is 0. The van der Waals surface area contributed by atoms with E-state index in [1.807, 2.05) is 19.1 Å². The number of nitrogens with one attached hydrogen (secondary N) is 1. The van der Waals surface area contributed by atoms with Crippen LogP contribution in [-0.2, 0) is 6.18 Å². The molecule has 0 radical (unpaired) electrons. The number of hydrogen-bond acceptors (Lipinski definition) is 3. The molecule has 0 aliphatic rings. The molecule has 0 fully saturated rings. The second-order valence-electron chi connectivity index (χ2n) is 5.76. The number of fused-ring (bicyclic) bond motifs is 1. The van der Waals surface area contributed by atoms with Crippen LogP contribution in [0.1, 0.15) is 32.9 Å². The Balaban J connectivity index is 1.85. The molecule has 3 rings (SSSR count). The van der Waals surface area contributed by atoms with Gasteiger partial charge in [0, 0.05) is 11.8 Å². The largest absolute Gasteiger partial charge is 0.417 e. The quantitative estimate of drug-likeness (QED) is 0.571. The molecule has 0 atom stereocenters. The molecule has 26 heavy (non-hydrogen) atoms. The maximum atomic E-state index is 13.0. The number of pyridine rings is 1. The van der Waals surface area contributed by atoms with E-state index in [1.54, 1.807) is 17.5 Å². The molecule has 1 amide bonds. The molecule has 0 saturated heterocycles. The molecule has 0 aliphatic heterocycles. The monoisotopic (exact) mass is 360 g/mol. The smallest absolute Gasteiger partial charge is 0.295 e. The zero-order valence-electron chi connectivity index (χ0n) is 14.0. The average molecular weight is 360 g/mol. The molecular weight excluding hydrogens is 345 g/mol. The molecule has 134 valence electrons. The van der Waals surface area contributed by atoms with E-state index in [1.165, 1.54) is 18.2 Å². The second kappa shape index (κ2) is 6.62. The number of aryl methyl sites for hydroxylation is 2. The normalized spacial score (nSPS) is 12.0. The zero-order valence-corrected chi connectivity index (χ0v) is 14.0. The van der Waals surface area contributed by atoms with Crippen LogP contribution in [0.2, 0.25) is 0 Å².